The molecule has 0 radical (unpaired) electrons. The molecule has 1 aliphatic heterocycles. The van der Waals surface area contributed by atoms with Gasteiger partial charge in [-0.25, -0.2) is 0 Å². The zero-order valence-electron chi connectivity index (χ0n) is 13.2. The molecule has 22 heavy (non-hydrogen) atoms. The Hall–Kier alpha value is -2.06. The van der Waals surface area contributed by atoms with Crippen molar-refractivity contribution in [1.82, 2.24) is 10.2 Å². The lowest BCUT2D eigenvalue weighted by Gasteiger charge is -2.29. The van der Waals surface area contributed by atoms with Gasteiger partial charge in [-0.3, -0.25) is 4.79 Å². The van der Waals surface area contributed by atoms with Crippen LogP contribution in [-0.2, 0) is 4.79 Å². The predicted molar refractivity (Wildman–Crippen MR) is 84.5 cm³/mol. The number of nitrogens with one attached hydrogen (secondary N) is 1. The van der Waals surface area contributed by atoms with Crippen LogP contribution in [-0.4, -0.2) is 43.1 Å². The van der Waals surface area contributed by atoms with Gasteiger partial charge in [0.1, 0.15) is 5.75 Å². The third-order valence-electron chi connectivity index (χ3n) is 4.08. The molecule has 0 bridgehead atoms. The molecule has 5 nitrogen and oxygen atoms in total. The van der Waals surface area contributed by atoms with Crippen LogP contribution in [0, 0.1) is 11.3 Å². The second-order valence-electron chi connectivity index (χ2n) is 5.68. The van der Waals surface area contributed by atoms with E-state index in [1.165, 1.54) is 0 Å². The van der Waals surface area contributed by atoms with Gasteiger partial charge in [-0.05, 0) is 63.5 Å². The first-order chi connectivity index (χ1) is 10.6. The zero-order valence-corrected chi connectivity index (χ0v) is 13.2. The van der Waals surface area contributed by atoms with Crippen LogP contribution in [0.5, 0.6) is 5.75 Å². The quantitative estimate of drug-likeness (QED) is 0.923. The fourth-order valence-corrected chi connectivity index (χ4v) is 2.72. The van der Waals surface area contributed by atoms with Crippen LogP contribution in [0.15, 0.2) is 24.3 Å². The van der Waals surface area contributed by atoms with Crippen molar-refractivity contribution in [2.24, 2.45) is 0 Å². The number of rotatable bonds is 4. The van der Waals surface area contributed by atoms with E-state index in [-0.39, 0.29) is 11.9 Å². The summed E-state index contributed by atoms with van der Waals surface area (Å²) >= 11 is 0. The van der Waals surface area contributed by atoms with Crippen LogP contribution < -0.4 is 10.1 Å². The van der Waals surface area contributed by atoms with Gasteiger partial charge in [0.05, 0.1) is 11.6 Å². The number of nitrogens with zero attached hydrogens (tertiary/aromatic N) is 2. The lowest BCUT2D eigenvalue weighted by molar-refractivity contribution is -0.138. The first-order valence-corrected chi connectivity index (χ1v) is 7.76. The second-order valence-corrected chi connectivity index (χ2v) is 5.68. The Bertz CT molecular complexity index is 528. The summed E-state index contributed by atoms with van der Waals surface area (Å²) in [6, 6.07) is 9.15. The van der Waals surface area contributed by atoms with Crippen molar-refractivity contribution in [2.45, 2.75) is 38.3 Å². The number of hydrogen-bond acceptors (Lipinski definition) is 4. The van der Waals surface area contributed by atoms with Gasteiger partial charge in [-0.1, -0.05) is 0 Å². The molecule has 1 aromatic carbocycles. The van der Waals surface area contributed by atoms with Gasteiger partial charge < -0.3 is 15.0 Å². The van der Waals surface area contributed by atoms with E-state index in [2.05, 4.69) is 11.4 Å². The Morgan fingerprint density at radius 2 is 2.09 bits per heavy atom. The monoisotopic (exact) mass is 301 g/mol. The van der Waals surface area contributed by atoms with Gasteiger partial charge in [0.15, 0.2) is 6.10 Å². The summed E-state index contributed by atoms with van der Waals surface area (Å²) in [5.74, 6) is 0.604. The summed E-state index contributed by atoms with van der Waals surface area (Å²) in [5, 5.41) is 12.1. The Labute approximate surface area is 131 Å². The first kappa shape index (κ1) is 16.3. The van der Waals surface area contributed by atoms with E-state index < -0.39 is 6.10 Å². The highest BCUT2D eigenvalue weighted by Gasteiger charge is 2.25. The maximum absolute atomic E-state index is 12.5. The minimum atomic E-state index is -0.533. The summed E-state index contributed by atoms with van der Waals surface area (Å²) in [7, 11) is 1.86. The first-order valence-electron chi connectivity index (χ1n) is 7.76. The Morgan fingerprint density at radius 3 is 2.77 bits per heavy atom. The summed E-state index contributed by atoms with van der Waals surface area (Å²) in [5.41, 5.74) is 0.578. The fourth-order valence-electron chi connectivity index (χ4n) is 2.72. The third-order valence-corrected chi connectivity index (χ3v) is 4.08. The van der Waals surface area contributed by atoms with E-state index in [0.717, 1.165) is 32.4 Å². The highest BCUT2D eigenvalue weighted by molar-refractivity contribution is 5.81. The lowest BCUT2D eigenvalue weighted by atomic mass is 10.1. The number of amides is 1. The van der Waals surface area contributed by atoms with Crippen LogP contribution in [0.4, 0.5) is 0 Å². The molecule has 1 heterocycles. The zero-order chi connectivity index (χ0) is 15.9. The summed E-state index contributed by atoms with van der Waals surface area (Å²) in [4.78, 5) is 14.3. The lowest BCUT2D eigenvalue weighted by Crippen LogP contribution is -2.44. The van der Waals surface area contributed by atoms with Crippen LogP contribution in [0.1, 0.15) is 31.7 Å². The molecule has 5 heteroatoms. The molecule has 1 amide bonds. The average molecular weight is 301 g/mol. The summed E-state index contributed by atoms with van der Waals surface area (Å²) in [6.07, 6.45) is 2.56. The summed E-state index contributed by atoms with van der Waals surface area (Å²) < 4.78 is 5.70. The van der Waals surface area contributed by atoms with E-state index in [0.29, 0.717) is 11.3 Å². The second kappa shape index (κ2) is 7.81. The minimum absolute atomic E-state index is 0.00346. The number of carbonyl (C=O) groups is 1. The standard InChI is InChI=1S/C17H23N3O2/c1-13(22-16-7-5-14(12-18)6-8-16)17(21)20(2)15-4-3-10-19-11-9-15/h5-8,13,15,19H,3-4,9-11H2,1-2H3. The van der Waals surface area contributed by atoms with Crippen LogP contribution >= 0.6 is 0 Å². The number of likely N-dealkylation sites (N-methyl/N-ethyl adjacent to an activating group) is 1. The SMILES string of the molecule is CC(Oc1ccc(C#N)cc1)C(=O)N(C)C1CCCNCC1. The molecule has 1 fully saturated rings. The maximum Gasteiger partial charge on any atom is 0.263 e. The fraction of sp³-hybridized carbons (Fsp3) is 0.529. The van der Waals surface area contributed by atoms with Gasteiger partial charge in [0, 0.05) is 13.1 Å². The molecule has 2 atom stereocenters. The Kier molecular flexibility index (Phi) is 5.79. The highest BCUT2D eigenvalue weighted by Crippen LogP contribution is 2.17. The molecule has 118 valence electrons. The average Bonchev–Trinajstić information content (AvgIpc) is 2.83. The number of hydrogen-bond donors (Lipinski definition) is 1. The van der Waals surface area contributed by atoms with Gasteiger partial charge in [0.2, 0.25) is 0 Å². The number of benzene rings is 1. The highest BCUT2D eigenvalue weighted by atomic mass is 16.5. The van der Waals surface area contributed by atoms with E-state index in [9.17, 15) is 4.79 Å². The molecular formula is C17H23N3O2. The number of nitriles is 1. The molecule has 2 unspecified atom stereocenters. The molecule has 2 rings (SSSR count). The topological polar surface area (TPSA) is 65.4 Å². The number of ether oxygens (including phenoxy) is 1. The minimum Gasteiger partial charge on any atom is -0.481 e. The molecule has 1 aliphatic rings. The molecule has 0 spiro atoms. The van der Waals surface area contributed by atoms with Crippen molar-refractivity contribution in [3.8, 4) is 11.8 Å². The normalized spacial score (nSPS) is 19.6. The predicted octanol–water partition coefficient (Wildman–Crippen LogP) is 1.93. The summed E-state index contributed by atoms with van der Waals surface area (Å²) in [6.45, 7) is 3.75. The van der Waals surface area contributed by atoms with Crippen molar-refractivity contribution in [1.29, 1.82) is 5.26 Å². The molecule has 0 aromatic heterocycles. The van der Waals surface area contributed by atoms with Crippen molar-refractivity contribution in [2.75, 3.05) is 20.1 Å². The maximum atomic E-state index is 12.5. The van der Waals surface area contributed by atoms with Crippen molar-refractivity contribution in [3.63, 3.8) is 0 Å². The molecule has 0 aliphatic carbocycles. The molecular weight excluding hydrogens is 278 g/mol. The van der Waals surface area contributed by atoms with Crippen molar-refractivity contribution in [3.05, 3.63) is 29.8 Å². The van der Waals surface area contributed by atoms with E-state index in [4.69, 9.17) is 10.00 Å². The van der Waals surface area contributed by atoms with Gasteiger partial charge in [-0.15, -0.1) is 0 Å². The van der Waals surface area contributed by atoms with Crippen molar-refractivity contribution >= 4 is 5.91 Å². The van der Waals surface area contributed by atoms with Crippen LogP contribution in [0.2, 0.25) is 0 Å². The van der Waals surface area contributed by atoms with E-state index in [1.807, 2.05) is 11.9 Å². The van der Waals surface area contributed by atoms with E-state index >= 15 is 0 Å². The smallest absolute Gasteiger partial charge is 0.263 e. The number of carbonyl (C=O) groups excluding carboxylic acids is 1. The third kappa shape index (κ3) is 4.22. The van der Waals surface area contributed by atoms with Crippen LogP contribution in [0.3, 0.4) is 0 Å². The van der Waals surface area contributed by atoms with Crippen LogP contribution in [0.25, 0.3) is 0 Å². The van der Waals surface area contributed by atoms with Gasteiger partial charge >= 0.3 is 0 Å². The Balaban J connectivity index is 1.93. The Morgan fingerprint density at radius 1 is 1.36 bits per heavy atom. The molecule has 0 saturated carbocycles. The van der Waals surface area contributed by atoms with Gasteiger partial charge in [-0.2, -0.15) is 5.26 Å². The van der Waals surface area contributed by atoms with E-state index in [1.54, 1.807) is 31.2 Å². The molecule has 1 N–H and O–H groups in total. The largest absolute Gasteiger partial charge is 0.481 e. The molecule has 1 aromatic rings. The molecule has 1 saturated heterocycles. The van der Waals surface area contributed by atoms with Crippen molar-refractivity contribution < 1.29 is 9.53 Å². The van der Waals surface area contributed by atoms with Gasteiger partial charge in [0.25, 0.3) is 5.91 Å².